The van der Waals surface area contributed by atoms with Gasteiger partial charge in [0.05, 0.1) is 5.69 Å². The number of rotatable bonds is 3. The van der Waals surface area contributed by atoms with Gasteiger partial charge in [0.25, 0.3) is 0 Å². The van der Waals surface area contributed by atoms with Crippen LogP contribution >= 0.6 is 39.1 Å². The highest BCUT2D eigenvalue weighted by Crippen LogP contribution is 2.31. The summed E-state index contributed by atoms with van der Waals surface area (Å²) >= 11 is 15.5. The fourth-order valence-electron chi connectivity index (χ4n) is 1.96. The van der Waals surface area contributed by atoms with Crippen LogP contribution in [0.2, 0.25) is 10.4 Å². The van der Waals surface area contributed by atoms with Crippen molar-refractivity contribution >= 4 is 55.8 Å². The molecular formula is C14H9BrCl2N2O. The predicted octanol–water partition coefficient (Wildman–Crippen LogP) is 5.51. The van der Waals surface area contributed by atoms with Crippen LogP contribution in [0.15, 0.2) is 45.4 Å². The van der Waals surface area contributed by atoms with E-state index >= 15 is 0 Å². The van der Waals surface area contributed by atoms with E-state index in [1.54, 1.807) is 6.20 Å². The highest BCUT2D eigenvalue weighted by Gasteiger charge is 2.12. The number of nitrogens with one attached hydrogen (secondary N) is 1. The Hall–Kier alpha value is -1.23. The first-order chi connectivity index (χ1) is 9.65. The topological polar surface area (TPSA) is 38.1 Å². The minimum atomic E-state index is 0.387. The lowest BCUT2D eigenvalue weighted by Crippen LogP contribution is -2.00. The van der Waals surface area contributed by atoms with Crippen molar-refractivity contribution < 1.29 is 4.42 Å². The molecule has 0 radical (unpaired) electrons. The van der Waals surface area contributed by atoms with E-state index in [1.165, 1.54) is 0 Å². The van der Waals surface area contributed by atoms with Crippen LogP contribution in [0.25, 0.3) is 11.0 Å². The molecule has 2 aromatic heterocycles. The Morgan fingerprint density at radius 3 is 2.90 bits per heavy atom. The van der Waals surface area contributed by atoms with Crippen LogP contribution in [0.1, 0.15) is 5.56 Å². The molecule has 1 aromatic carbocycles. The first-order valence-electron chi connectivity index (χ1n) is 5.86. The molecule has 0 atom stereocenters. The lowest BCUT2D eigenvalue weighted by molar-refractivity contribution is 0.613. The molecule has 0 aliphatic rings. The molecule has 102 valence electrons. The highest BCUT2D eigenvalue weighted by atomic mass is 79.9. The van der Waals surface area contributed by atoms with E-state index < -0.39 is 0 Å². The highest BCUT2D eigenvalue weighted by molar-refractivity contribution is 9.10. The predicted molar refractivity (Wildman–Crippen MR) is 85.5 cm³/mol. The number of para-hydroxylation sites is 1. The molecule has 6 heteroatoms. The second kappa shape index (κ2) is 5.64. The molecule has 2 heterocycles. The molecule has 0 saturated heterocycles. The Morgan fingerprint density at radius 1 is 1.25 bits per heavy atom. The van der Waals surface area contributed by atoms with Crippen LogP contribution < -0.4 is 5.32 Å². The molecule has 0 spiro atoms. The molecule has 0 aliphatic heterocycles. The van der Waals surface area contributed by atoms with E-state index in [1.807, 2.05) is 30.3 Å². The normalized spacial score (nSPS) is 10.9. The van der Waals surface area contributed by atoms with E-state index in [-0.39, 0.29) is 0 Å². The van der Waals surface area contributed by atoms with Gasteiger partial charge in [0.15, 0.2) is 10.4 Å². The summed E-state index contributed by atoms with van der Waals surface area (Å²) in [5.41, 5.74) is 2.41. The molecule has 0 bridgehead atoms. The smallest absolute Gasteiger partial charge is 0.199 e. The SMILES string of the molecule is Clc1ncc(Br)cc1NCc1c(Cl)oc2ccccc12. The van der Waals surface area contributed by atoms with Crippen LogP contribution in [0, 0.1) is 0 Å². The standard InChI is InChI=1S/C14H9BrCl2N2O/c15-8-5-11(13(16)19-6-8)18-7-10-9-3-1-2-4-12(9)20-14(10)17/h1-6,18H,7H2. The number of hydrogen-bond donors (Lipinski definition) is 1. The third kappa shape index (κ3) is 2.64. The number of hydrogen-bond acceptors (Lipinski definition) is 3. The summed E-state index contributed by atoms with van der Waals surface area (Å²) in [6.07, 6.45) is 1.65. The van der Waals surface area contributed by atoms with E-state index in [2.05, 4.69) is 26.2 Å². The van der Waals surface area contributed by atoms with Crippen LogP contribution in [0.4, 0.5) is 5.69 Å². The molecule has 0 aliphatic carbocycles. The maximum atomic E-state index is 6.14. The average molecular weight is 372 g/mol. The van der Waals surface area contributed by atoms with Crippen molar-refractivity contribution in [3.8, 4) is 0 Å². The van der Waals surface area contributed by atoms with Gasteiger partial charge < -0.3 is 9.73 Å². The number of anilines is 1. The molecular weight excluding hydrogens is 363 g/mol. The molecule has 0 saturated carbocycles. The minimum absolute atomic E-state index is 0.387. The van der Waals surface area contributed by atoms with Crippen molar-refractivity contribution in [2.24, 2.45) is 0 Å². The van der Waals surface area contributed by atoms with Gasteiger partial charge in [-0.05, 0) is 39.7 Å². The van der Waals surface area contributed by atoms with Gasteiger partial charge in [0.1, 0.15) is 5.58 Å². The lowest BCUT2D eigenvalue weighted by Gasteiger charge is -2.07. The van der Waals surface area contributed by atoms with Gasteiger partial charge in [-0.1, -0.05) is 29.8 Å². The maximum Gasteiger partial charge on any atom is 0.199 e. The first-order valence-corrected chi connectivity index (χ1v) is 7.41. The van der Waals surface area contributed by atoms with Crippen molar-refractivity contribution in [1.82, 2.24) is 4.98 Å². The Labute approximate surface area is 134 Å². The van der Waals surface area contributed by atoms with E-state index in [0.29, 0.717) is 16.9 Å². The van der Waals surface area contributed by atoms with Gasteiger partial charge >= 0.3 is 0 Å². The Kier molecular flexibility index (Phi) is 3.87. The van der Waals surface area contributed by atoms with Crippen molar-refractivity contribution in [3.63, 3.8) is 0 Å². The molecule has 0 unspecified atom stereocenters. The zero-order valence-electron chi connectivity index (χ0n) is 10.2. The second-order valence-electron chi connectivity index (χ2n) is 4.20. The minimum Gasteiger partial charge on any atom is -0.444 e. The number of aromatic nitrogens is 1. The number of fused-ring (bicyclic) bond motifs is 1. The Bertz CT molecular complexity index is 773. The molecule has 20 heavy (non-hydrogen) atoms. The number of halogens is 3. The van der Waals surface area contributed by atoms with Crippen LogP contribution in [0.3, 0.4) is 0 Å². The van der Waals surface area contributed by atoms with Crippen molar-refractivity contribution in [3.05, 3.63) is 56.9 Å². The third-order valence-corrected chi connectivity index (χ3v) is 3.95. The summed E-state index contributed by atoms with van der Waals surface area (Å²) in [5.74, 6) is 0. The molecule has 3 nitrogen and oxygen atoms in total. The second-order valence-corrected chi connectivity index (χ2v) is 5.81. The lowest BCUT2D eigenvalue weighted by atomic mass is 10.2. The zero-order chi connectivity index (χ0) is 14.1. The fourth-order valence-corrected chi connectivity index (χ4v) is 2.72. The van der Waals surface area contributed by atoms with Crippen molar-refractivity contribution in [2.45, 2.75) is 6.54 Å². The Morgan fingerprint density at radius 2 is 2.05 bits per heavy atom. The fraction of sp³-hybridized carbons (Fsp3) is 0.0714. The summed E-state index contributed by atoms with van der Waals surface area (Å²) in [5, 5.41) is 5.01. The maximum absolute atomic E-state index is 6.14. The average Bonchev–Trinajstić information content (AvgIpc) is 2.75. The summed E-state index contributed by atoms with van der Waals surface area (Å²) in [6.45, 7) is 0.508. The summed E-state index contributed by atoms with van der Waals surface area (Å²) in [7, 11) is 0. The monoisotopic (exact) mass is 370 g/mol. The van der Waals surface area contributed by atoms with Crippen LogP contribution in [0.5, 0.6) is 0 Å². The van der Waals surface area contributed by atoms with E-state index in [9.17, 15) is 0 Å². The number of furan rings is 1. The van der Waals surface area contributed by atoms with E-state index in [0.717, 1.165) is 26.7 Å². The zero-order valence-corrected chi connectivity index (χ0v) is 13.3. The van der Waals surface area contributed by atoms with Gasteiger partial charge in [-0.15, -0.1) is 0 Å². The number of nitrogens with zero attached hydrogens (tertiary/aromatic N) is 1. The van der Waals surface area contributed by atoms with Crippen molar-refractivity contribution in [2.75, 3.05) is 5.32 Å². The molecule has 1 N–H and O–H groups in total. The van der Waals surface area contributed by atoms with Gasteiger partial charge in [0.2, 0.25) is 0 Å². The molecule has 0 amide bonds. The number of pyridine rings is 1. The third-order valence-electron chi connectivity index (χ3n) is 2.91. The molecule has 3 rings (SSSR count). The van der Waals surface area contributed by atoms with Crippen LogP contribution in [-0.4, -0.2) is 4.98 Å². The van der Waals surface area contributed by atoms with Gasteiger partial charge in [-0.25, -0.2) is 4.98 Å². The summed E-state index contributed by atoms with van der Waals surface area (Å²) < 4.78 is 6.36. The van der Waals surface area contributed by atoms with Gasteiger partial charge in [-0.3, -0.25) is 0 Å². The molecule has 3 aromatic rings. The summed E-state index contributed by atoms with van der Waals surface area (Å²) in [6, 6.07) is 9.59. The van der Waals surface area contributed by atoms with E-state index in [4.69, 9.17) is 27.6 Å². The quantitative estimate of drug-likeness (QED) is 0.617. The van der Waals surface area contributed by atoms with Gasteiger partial charge in [0, 0.05) is 28.2 Å². The first kappa shape index (κ1) is 13.7. The van der Waals surface area contributed by atoms with Crippen LogP contribution in [-0.2, 0) is 6.54 Å². The molecule has 0 fully saturated rings. The van der Waals surface area contributed by atoms with Gasteiger partial charge in [-0.2, -0.15) is 0 Å². The number of benzene rings is 1. The van der Waals surface area contributed by atoms with Crippen molar-refractivity contribution in [1.29, 1.82) is 0 Å². The summed E-state index contributed by atoms with van der Waals surface area (Å²) in [4.78, 5) is 4.06. The largest absolute Gasteiger partial charge is 0.444 e. The Balaban J connectivity index is 1.90.